The van der Waals surface area contributed by atoms with Crippen LogP contribution in [0.2, 0.25) is 0 Å². The van der Waals surface area contributed by atoms with Crippen LogP contribution in [0.4, 0.5) is 8.63 Å². The number of allylic oxidation sites excluding steroid dienone is 2. The maximum absolute atomic E-state index is 15.4. The van der Waals surface area contributed by atoms with Crippen molar-refractivity contribution in [1.82, 2.24) is 14.4 Å². The number of hydrogen-bond acceptors (Lipinski definition) is 2. The highest BCUT2D eigenvalue weighted by molar-refractivity contribution is 6.58. The second-order valence-corrected chi connectivity index (χ2v) is 6.86. The number of hydrogen-bond donors (Lipinski definition) is 0. The fourth-order valence-corrected chi connectivity index (χ4v) is 4.09. The summed E-state index contributed by atoms with van der Waals surface area (Å²) in [5, 5.41) is 0. The van der Waals surface area contributed by atoms with Crippen molar-refractivity contribution < 1.29 is 13.1 Å². The number of halogens is 2. The predicted octanol–water partition coefficient (Wildman–Crippen LogP) is 3.63. The molecule has 0 bridgehead atoms. The fraction of sp³-hybridized carbons (Fsp3) is 0.278. The Kier molecular flexibility index (Phi) is 3.17. The smallest absolute Gasteiger partial charge is 0.393 e. The SMILES string of the molecule is CC1=CC(C)=[N+]2C1=C(c1cnc(C)nc1)c1c(C)cc(C)n1[B-]2(F)F. The average molecular weight is 340 g/mol. The summed E-state index contributed by atoms with van der Waals surface area (Å²) in [5.41, 5.74) is 5.41. The fourth-order valence-electron chi connectivity index (χ4n) is 4.09. The Balaban J connectivity index is 2.17. The van der Waals surface area contributed by atoms with E-state index in [-0.39, 0.29) is 0 Å². The molecule has 0 unspecified atom stereocenters. The summed E-state index contributed by atoms with van der Waals surface area (Å²) in [6, 6.07) is 1.82. The molecule has 4 nitrogen and oxygen atoms in total. The molecule has 0 N–H and O–H groups in total. The molecule has 4 heterocycles. The minimum atomic E-state index is -3.94. The van der Waals surface area contributed by atoms with Gasteiger partial charge in [-0.2, -0.15) is 0 Å². The minimum Gasteiger partial charge on any atom is -0.393 e. The third-order valence-electron chi connectivity index (χ3n) is 5.00. The van der Waals surface area contributed by atoms with Crippen LogP contribution in [0, 0.1) is 20.8 Å². The molecule has 128 valence electrons. The molecular weight excluding hydrogens is 321 g/mol. The molecule has 0 spiro atoms. The first-order valence-corrected chi connectivity index (χ1v) is 8.29. The molecule has 2 aliphatic heterocycles. The van der Waals surface area contributed by atoms with Gasteiger partial charge in [0.2, 0.25) is 0 Å². The van der Waals surface area contributed by atoms with Crippen LogP contribution in [0.15, 0.2) is 35.8 Å². The maximum Gasteiger partial charge on any atom is 0.737 e. The van der Waals surface area contributed by atoms with E-state index in [9.17, 15) is 0 Å². The molecule has 0 aliphatic carbocycles. The topological polar surface area (TPSA) is 33.7 Å². The monoisotopic (exact) mass is 340 g/mol. The van der Waals surface area contributed by atoms with Gasteiger partial charge in [0.15, 0.2) is 5.70 Å². The van der Waals surface area contributed by atoms with E-state index in [1.807, 2.05) is 32.9 Å². The maximum atomic E-state index is 15.4. The van der Waals surface area contributed by atoms with E-state index in [0.717, 1.165) is 22.3 Å². The molecule has 4 rings (SSSR count). The van der Waals surface area contributed by atoms with Gasteiger partial charge in [-0.25, -0.2) is 9.97 Å². The summed E-state index contributed by atoms with van der Waals surface area (Å²) in [4.78, 5) is 8.55. The van der Waals surface area contributed by atoms with Gasteiger partial charge in [-0.05, 0) is 45.0 Å². The van der Waals surface area contributed by atoms with Crippen LogP contribution in [0.5, 0.6) is 0 Å². The normalized spacial score (nSPS) is 18.4. The van der Waals surface area contributed by atoms with E-state index in [4.69, 9.17) is 0 Å². The Morgan fingerprint density at radius 2 is 1.68 bits per heavy atom. The molecule has 0 saturated heterocycles. The lowest BCUT2D eigenvalue weighted by molar-refractivity contribution is -0.363. The largest absolute Gasteiger partial charge is 0.737 e. The van der Waals surface area contributed by atoms with E-state index in [0.29, 0.717) is 28.6 Å². The summed E-state index contributed by atoms with van der Waals surface area (Å²) in [7, 11) is 0. The molecule has 0 radical (unpaired) electrons. The first kappa shape index (κ1) is 15.9. The first-order chi connectivity index (χ1) is 11.7. The van der Waals surface area contributed by atoms with Crippen molar-refractivity contribution in [2.45, 2.75) is 34.6 Å². The van der Waals surface area contributed by atoms with Crippen molar-refractivity contribution >= 4 is 18.3 Å². The Morgan fingerprint density at radius 1 is 1.04 bits per heavy atom. The quantitative estimate of drug-likeness (QED) is 0.743. The highest BCUT2D eigenvalue weighted by atomic mass is 19.2. The molecule has 2 aromatic heterocycles. The highest BCUT2D eigenvalue weighted by Gasteiger charge is 2.55. The Morgan fingerprint density at radius 3 is 2.32 bits per heavy atom. The second kappa shape index (κ2) is 4.97. The van der Waals surface area contributed by atoms with Crippen LogP contribution >= 0.6 is 0 Å². The zero-order valence-corrected chi connectivity index (χ0v) is 14.9. The Bertz CT molecular complexity index is 1010. The van der Waals surface area contributed by atoms with Crippen molar-refractivity contribution in [1.29, 1.82) is 0 Å². The summed E-state index contributed by atoms with van der Waals surface area (Å²) in [5.74, 6) is 0.654. The van der Waals surface area contributed by atoms with Crippen LogP contribution in [-0.2, 0) is 0 Å². The summed E-state index contributed by atoms with van der Waals surface area (Å²) in [6.45, 7) is 5.08. The van der Waals surface area contributed by atoms with E-state index < -0.39 is 6.97 Å². The minimum absolute atomic E-state index is 0.555. The van der Waals surface area contributed by atoms with Crippen LogP contribution in [0.3, 0.4) is 0 Å². The lowest BCUT2D eigenvalue weighted by atomic mass is 9.84. The lowest BCUT2D eigenvalue weighted by Crippen LogP contribution is -2.51. The number of nitrogens with zero attached hydrogens (tertiary/aromatic N) is 4. The second-order valence-electron chi connectivity index (χ2n) is 6.86. The molecular formula is C18H19BF2N4. The molecule has 2 aliphatic rings. The van der Waals surface area contributed by atoms with E-state index >= 15 is 8.63 Å². The van der Waals surface area contributed by atoms with Crippen molar-refractivity contribution in [2.24, 2.45) is 0 Å². The van der Waals surface area contributed by atoms with E-state index in [1.54, 1.807) is 26.2 Å². The third kappa shape index (κ3) is 2.01. The van der Waals surface area contributed by atoms with Gasteiger partial charge >= 0.3 is 6.97 Å². The van der Waals surface area contributed by atoms with Gasteiger partial charge in [0.25, 0.3) is 0 Å². The van der Waals surface area contributed by atoms with Crippen LogP contribution in [0.1, 0.15) is 42.2 Å². The first-order valence-electron chi connectivity index (χ1n) is 8.29. The average Bonchev–Trinajstić information content (AvgIpc) is 2.99. The molecule has 2 aromatic rings. The molecule has 0 saturated carbocycles. The van der Waals surface area contributed by atoms with Gasteiger partial charge < -0.3 is 17.6 Å². The van der Waals surface area contributed by atoms with Crippen molar-refractivity contribution in [3.63, 3.8) is 0 Å². The van der Waals surface area contributed by atoms with Gasteiger partial charge in [-0.15, -0.1) is 0 Å². The number of aromatic nitrogens is 3. The molecule has 7 heteroatoms. The van der Waals surface area contributed by atoms with Crippen molar-refractivity contribution in [3.8, 4) is 0 Å². The zero-order chi connectivity index (χ0) is 18.1. The van der Waals surface area contributed by atoms with Gasteiger partial charge in [-0.1, -0.05) is 0 Å². The van der Waals surface area contributed by atoms with E-state index in [2.05, 4.69) is 9.97 Å². The molecule has 0 fully saturated rings. The van der Waals surface area contributed by atoms with Gasteiger partial charge in [0.05, 0.1) is 5.57 Å². The summed E-state index contributed by atoms with van der Waals surface area (Å²) < 4.78 is 33.2. The van der Waals surface area contributed by atoms with Gasteiger partial charge in [0.1, 0.15) is 11.5 Å². The standard InChI is InChI=1S/C18H19BF2N4/c1-10-6-12(3)24-17(10)16(15-8-22-14(5)23-9-15)18-11(2)7-13(4)25(18)19(24,20)21/h6-9H,1-5H3. The molecule has 25 heavy (non-hydrogen) atoms. The summed E-state index contributed by atoms with van der Waals surface area (Å²) >= 11 is 0. The number of aryl methyl sites for hydroxylation is 3. The molecule has 0 aromatic carbocycles. The number of fused-ring (bicyclic) bond motifs is 2. The highest BCUT2D eigenvalue weighted by Crippen LogP contribution is 2.43. The molecule has 0 amide bonds. The summed E-state index contributed by atoms with van der Waals surface area (Å²) in [6.07, 6.45) is 5.25. The Labute approximate surface area is 145 Å². The Hall–Kier alpha value is -2.57. The van der Waals surface area contributed by atoms with E-state index in [1.165, 1.54) is 8.96 Å². The van der Waals surface area contributed by atoms with Crippen LogP contribution < -0.4 is 0 Å². The third-order valence-corrected chi connectivity index (χ3v) is 5.00. The van der Waals surface area contributed by atoms with Gasteiger partial charge in [0, 0.05) is 42.2 Å². The predicted molar refractivity (Wildman–Crippen MR) is 94.8 cm³/mol. The van der Waals surface area contributed by atoms with Gasteiger partial charge in [-0.3, -0.25) is 0 Å². The van der Waals surface area contributed by atoms with Crippen LogP contribution in [-0.4, -0.2) is 31.6 Å². The van der Waals surface area contributed by atoms with Crippen molar-refractivity contribution in [2.75, 3.05) is 0 Å². The van der Waals surface area contributed by atoms with Crippen LogP contribution in [0.25, 0.3) is 5.57 Å². The number of rotatable bonds is 1. The molecule has 0 atom stereocenters. The zero-order valence-electron chi connectivity index (χ0n) is 14.9. The van der Waals surface area contributed by atoms with Crippen molar-refractivity contribution in [3.05, 3.63) is 64.1 Å². The lowest BCUT2D eigenvalue weighted by Gasteiger charge is -2.33.